The molecule has 1 amide bonds. The molecule has 4 aromatic rings. The summed E-state index contributed by atoms with van der Waals surface area (Å²) in [5.41, 5.74) is 3.79. The van der Waals surface area contributed by atoms with Crippen molar-refractivity contribution in [1.29, 1.82) is 5.26 Å². The molecule has 2 unspecified atom stereocenters. The molecule has 10 nitrogen and oxygen atoms in total. The minimum Gasteiger partial charge on any atom is -0.493 e. The van der Waals surface area contributed by atoms with E-state index in [-0.39, 0.29) is 5.75 Å². The Morgan fingerprint density at radius 2 is 1.98 bits per heavy atom. The number of pyridine rings is 2. The van der Waals surface area contributed by atoms with Gasteiger partial charge in [0.05, 0.1) is 40.3 Å². The Hall–Kier alpha value is -4.59. The number of aromatic nitrogens is 2. The van der Waals surface area contributed by atoms with E-state index in [1.54, 1.807) is 41.4 Å². The van der Waals surface area contributed by atoms with E-state index in [1.807, 2.05) is 19.1 Å². The number of ether oxygens (including phenoxy) is 3. The number of nitrogens with zero attached hydrogens (tertiary/aromatic N) is 4. The van der Waals surface area contributed by atoms with Gasteiger partial charge in [0.25, 0.3) is 0 Å². The number of halogens is 1. The molecule has 2 aliphatic heterocycles. The average Bonchev–Trinajstić information content (AvgIpc) is 3.34. The molecule has 0 radical (unpaired) electrons. The Balaban J connectivity index is 1.25. The van der Waals surface area contributed by atoms with Crippen molar-refractivity contribution in [2.24, 2.45) is 0 Å². The summed E-state index contributed by atoms with van der Waals surface area (Å²) in [6.07, 6.45) is 4.88. The van der Waals surface area contributed by atoms with Crippen LogP contribution in [0.1, 0.15) is 29.7 Å². The van der Waals surface area contributed by atoms with Crippen LogP contribution in [0.4, 0.5) is 16.2 Å². The number of nitriles is 1. The highest BCUT2D eigenvalue weighted by atomic mass is 35.5. The monoisotopic (exact) mass is 584 g/mol. The van der Waals surface area contributed by atoms with Crippen molar-refractivity contribution in [3.8, 4) is 23.3 Å². The number of fused-ring (bicyclic) bond motifs is 3. The average molecular weight is 585 g/mol. The van der Waals surface area contributed by atoms with Crippen LogP contribution < -0.4 is 24.8 Å². The molecule has 0 saturated carbocycles. The Bertz CT molecular complexity index is 1700. The highest BCUT2D eigenvalue weighted by molar-refractivity contribution is 6.33. The maximum Gasteiger partial charge on any atom is 0.415 e. The molecular formula is C31H29ClN6O4. The predicted molar refractivity (Wildman–Crippen MR) is 159 cm³/mol. The Morgan fingerprint density at radius 1 is 1.17 bits per heavy atom. The molecule has 2 aromatic heterocycles. The van der Waals surface area contributed by atoms with Crippen molar-refractivity contribution < 1.29 is 19.0 Å². The summed E-state index contributed by atoms with van der Waals surface area (Å²) in [6.45, 7) is 3.51. The van der Waals surface area contributed by atoms with Crippen molar-refractivity contribution in [3.63, 3.8) is 0 Å². The number of anilines is 2. The van der Waals surface area contributed by atoms with E-state index in [9.17, 15) is 10.1 Å². The first-order valence-electron chi connectivity index (χ1n) is 13.7. The minimum atomic E-state index is -0.426. The van der Waals surface area contributed by atoms with Gasteiger partial charge in [0.15, 0.2) is 11.5 Å². The zero-order valence-corrected chi connectivity index (χ0v) is 23.9. The summed E-state index contributed by atoms with van der Waals surface area (Å²) in [7, 11) is 1.50. The largest absolute Gasteiger partial charge is 0.493 e. The van der Waals surface area contributed by atoms with Crippen molar-refractivity contribution in [2.75, 3.05) is 25.5 Å². The topological polar surface area (TPSA) is 122 Å². The van der Waals surface area contributed by atoms with E-state index in [2.05, 4.69) is 26.7 Å². The van der Waals surface area contributed by atoms with Crippen LogP contribution in [0.5, 0.6) is 17.2 Å². The van der Waals surface area contributed by atoms with Crippen LogP contribution in [0, 0.1) is 18.3 Å². The van der Waals surface area contributed by atoms with Crippen LogP contribution in [0.3, 0.4) is 0 Å². The van der Waals surface area contributed by atoms with Crippen LogP contribution in [0.15, 0.2) is 54.9 Å². The van der Waals surface area contributed by atoms with Gasteiger partial charge < -0.3 is 29.7 Å². The summed E-state index contributed by atoms with van der Waals surface area (Å²) >= 11 is 6.63. The van der Waals surface area contributed by atoms with Gasteiger partial charge in [0.1, 0.15) is 18.4 Å². The molecule has 0 aliphatic carbocycles. The second kappa shape index (κ2) is 11.7. The molecule has 2 aliphatic rings. The molecule has 2 N–H and O–H groups in total. The van der Waals surface area contributed by atoms with E-state index >= 15 is 0 Å². The smallest absolute Gasteiger partial charge is 0.415 e. The first-order valence-corrected chi connectivity index (χ1v) is 14.0. The van der Waals surface area contributed by atoms with Gasteiger partial charge in [-0.05, 0) is 49.6 Å². The summed E-state index contributed by atoms with van der Waals surface area (Å²) in [5.74, 6) is 1.18. The number of nitrogens with one attached hydrogen (secondary N) is 2. The zero-order valence-electron chi connectivity index (χ0n) is 23.2. The minimum absolute atomic E-state index is 0.256. The van der Waals surface area contributed by atoms with Gasteiger partial charge in [-0.2, -0.15) is 5.26 Å². The SMILES string of the molecule is COc1cc2c(Nc3ccc(OCc4ncccc4C)cc3Cl)c(C#N)cnc2cc1OC(=O)N1CC2CCC(C1)N2. The summed E-state index contributed by atoms with van der Waals surface area (Å²) in [4.78, 5) is 23.6. The first kappa shape index (κ1) is 27.6. The maximum atomic E-state index is 13.0. The Morgan fingerprint density at radius 3 is 2.69 bits per heavy atom. The molecule has 214 valence electrons. The lowest BCUT2D eigenvalue weighted by atomic mass is 10.1. The van der Waals surface area contributed by atoms with Crippen LogP contribution in [-0.2, 0) is 6.61 Å². The summed E-state index contributed by atoms with van der Waals surface area (Å²) < 4.78 is 17.3. The third-order valence-corrected chi connectivity index (χ3v) is 7.95. The molecule has 42 heavy (non-hydrogen) atoms. The number of amides is 1. The fourth-order valence-corrected chi connectivity index (χ4v) is 5.62. The highest BCUT2D eigenvalue weighted by Gasteiger charge is 2.35. The van der Waals surface area contributed by atoms with Gasteiger partial charge in [-0.3, -0.25) is 9.97 Å². The second-order valence-corrected chi connectivity index (χ2v) is 10.8. The number of likely N-dealkylation sites (tertiary alicyclic amines) is 1. The fraction of sp³-hybridized carbons (Fsp3) is 0.290. The molecule has 2 saturated heterocycles. The zero-order chi connectivity index (χ0) is 29.2. The van der Waals surface area contributed by atoms with Gasteiger partial charge >= 0.3 is 6.09 Å². The lowest BCUT2D eigenvalue weighted by Crippen LogP contribution is -2.53. The molecular weight excluding hydrogens is 556 g/mol. The van der Waals surface area contributed by atoms with Gasteiger partial charge in [-0.1, -0.05) is 17.7 Å². The number of carbonyl (C=O) groups is 1. The first-order chi connectivity index (χ1) is 20.4. The number of aryl methyl sites for hydroxylation is 1. The van der Waals surface area contributed by atoms with Crippen molar-refractivity contribution in [2.45, 2.75) is 38.5 Å². The lowest BCUT2D eigenvalue weighted by molar-refractivity contribution is 0.132. The Kier molecular flexibility index (Phi) is 7.69. The highest BCUT2D eigenvalue weighted by Crippen LogP contribution is 2.39. The number of hydrogen-bond donors (Lipinski definition) is 2. The third-order valence-electron chi connectivity index (χ3n) is 7.64. The van der Waals surface area contributed by atoms with Crippen molar-refractivity contribution in [3.05, 3.63) is 76.7 Å². The van der Waals surface area contributed by atoms with Crippen LogP contribution in [0.25, 0.3) is 10.9 Å². The molecule has 6 rings (SSSR count). The molecule has 0 spiro atoms. The quantitative estimate of drug-likeness (QED) is 0.280. The van der Waals surface area contributed by atoms with Crippen LogP contribution >= 0.6 is 11.6 Å². The maximum absolute atomic E-state index is 13.0. The van der Waals surface area contributed by atoms with Gasteiger partial charge in [-0.25, -0.2) is 4.79 Å². The standard InChI is InChI=1S/C31H29ClN6O4/c1-18-4-3-9-34-27(18)17-41-22-7-8-25(24(32)10-22)37-30-19(13-33)14-35-26-12-29(28(40-2)11-23(26)30)42-31(39)38-15-20-5-6-21(16-38)36-20/h3-4,7-12,14,20-21,36H,5-6,15-17H2,1-2H3,(H,35,37). The number of carbonyl (C=O) groups excluding carboxylic acids is 1. The second-order valence-electron chi connectivity index (χ2n) is 10.4. The van der Waals surface area contributed by atoms with Gasteiger partial charge in [0.2, 0.25) is 0 Å². The number of rotatable bonds is 7. The normalized spacial score (nSPS) is 17.5. The van der Waals surface area contributed by atoms with Crippen LogP contribution in [-0.4, -0.2) is 53.2 Å². The van der Waals surface area contributed by atoms with Gasteiger partial charge in [0, 0.05) is 55.1 Å². The molecule has 2 aromatic carbocycles. The predicted octanol–water partition coefficient (Wildman–Crippen LogP) is 5.73. The van der Waals surface area contributed by atoms with E-state index in [0.29, 0.717) is 76.1 Å². The molecule has 2 bridgehead atoms. The lowest BCUT2D eigenvalue weighted by Gasteiger charge is -2.32. The molecule has 2 fully saturated rings. The van der Waals surface area contributed by atoms with Crippen molar-refractivity contribution in [1.82, 2.24) is 20.2 Å². The van der Waals surface area contributed by atoms with Gasteiger partial charge in [-0.15, -0.1) is 0 Å². The molecule has 2 atom stereocenters. The third kappa shape index (κ3) is 5.62. The summed E-state index contributed by atoms with van der Waals surface area (Å²) in [6, 6.07) is 15.3. The number of methoxy groups -OCH3 is 1. The summed E-state index contributed by atoms with van der Waals surface area (Å²) in [5, 5.41) is 17.7. The van der Waals surface area contributed by atoms with E-state index in [1.165, 1.54) is 13.3 Å². The number of piperazine rings is 1. The van der Waals surface area contributed by atoms with E-state index < -0.39 is 6.09 Å². The van der Waals surface area contributed by atoms with E-state index in [4.69, 9.17) is 25.8 Å². The van der Waals surface area contributed by atoms with E-state index in [0.717, 1.165) is 24.1 Å². The van der Waals surface area contributed by atoms with Crippen molar-refractivity contribution >= 4 is 40.0 Å². The number of benzene rings is 2. The molecule has 11 heteroatoms. The number of hydrogen-bond acceptors (Lipinski definition) is 9. The fourth-order valence-electron chi connectivity index (χ4n) is 5.41. The Labute approximate surface area is 248 Å². The van der Waals surface area contributed by atoms with Crippen LogP contribution in [0.2, 0.25) is 5.02 Å². The molecule has 4 heterocycles.